The van der Waals surface area contributed by atoms with E-state index < -0.39 is 33.1 Å². The molecule has 0 saturated carbocycles. The van der Waals surface area contributed by atoms with E-state index in [1.807, 2.05) is 13.1 Å². The van der Waals surface area contributed by atoms with Gasteiger partial charge in [-0.25, -0.2) is 0 Å². The third kappa shape index (κ3) is 33.0. The van der Waals surface area contributed by atoms with Crippen LogP contribution in [0.5, 0.6) is 0 Å². The molecule has 0 aliphatic heterocycles. The normalized spacial score (nSPS) is 13.2. The van der Waals surface area contributed by atoms with E-state index in [0.717, 1.165) is 0 Å². The maximum Gasteiger partial charge on any atom is 0.313 e. The molecule has 0 aromatic heterocycles. The molecule has 0 aliphatic carbocycles. The van der Waals surface area contributed by atoms with Crippen LogP contribution in [-0.2, 0) is 12.3 Å². The Morgan fingerprint density at radius 1 is 0.341 bits per heavy atom. The van der Waals surface area contributed by atoms with Gasteiger partial charge in [0.25, 0.3) is 7.63 Å². The molecule has 0 bridgehead atoms. The summed E-state index contributed by atoms with van der Waals surface area (Å²) in [6.07, 6.45) is 37.5. The fourth-order valence-corrected chi connectivity index (χ4v) is 25.8. The highest BCUT2D eigenvalue weighted by atomic mass is 35.6. The summed E-state index contributed by atoms with van der Waals surface area (Å²) in [4.78, 5) is 0. The lowest BCUT2D eigenvalue weighted by atomic mass is 10.0. The third-order valence-corrected chi connectivity index (χ3v) is 22.9. The van der Waals surface area contributed by atoms with Gasteiger partial charge >= 0.3 is 17.1 Å². The van der Waals surface area contributed by atoms with Crippen molar-refractivity contribution in [2.75, 3.05) is 0 Å². The minimum absolute atomic E-state index is 1.23. The van der Waals surface area contributed by atoms with Gasteiger partial charge in [-0.2, -0.15) is 0 Å². The first-order valence-corrected chi connectivity index (χ1v) is 32.1. The van der Waals surface area contributed by atoms with E-state index in [1.165, 1.54) is 173 Å². The van der Waals surface area contributed by atoms with E-state index in [0.29, 0.717) is 0 Å². The van der Waals surface area contributed by atoms with Gasteiger partial charge in [0.15, 0.2) is 8.32 Å². The summed E-state index contributed by atoms with van der Waals surface area (Å²) >= 11 is 6.44. The molecular weight excluding hydrogens is 628 g/mol. The van der Waals surface area contributed by atoms with Gasteiger partial charge in [0.05, 0.1) is 0 Å². The van der Waals surface area contributed by atoms with Crippen LogP contribution in [0.4, 0.5) is 0 Å². The Morgan fingerprint density at radius 2 is 0.591 bits per heavy atom. The van der Waals surface area contributed by atoms with Crippen LogP contribution < -0.4 is 0 Å². The van der Waals surface area contributed by atoms with Gasteiger partial charge in [-0.05, 0) is 58.4 Å². The lowest BCUT2D eigenvalue weighted by Crippen LogP contribution is -2.55. The highest BCUT2D eigenvalue weighted by Gasteiger charge is 2.42. The number of hydrogen-bond donors (Lipinski definition) is 0. The molecule has 0 radical (unpaired) electrons. The van der Waals surface area contributed by atoms with E-state index in [-0.39, 0.29) is 0 Å². The lowest BCUT2D eigenvalue weighted by molar-refractivity contribution is 0.331. The first kappa shape index (κ1) is 45.0. The molecule has 0 rings (SSSR count). The zero-order chi connectivity index (χ0) is 33.2. The molecule has 8 heteroatoms. The average molecular weight is 710 g/mol. The quantitative estimate of drug-likeness (QED) is 0.0386. The smallest absolute Gasteiger partial charge is 0.313 e. The van der Waals surface area contributed by atoms with Gasteiger partial charge in [0, 0.05) is 0 Å². The van der Waals surface area contributed by atoms with Crippen molar-refractivity contribution < 1.29 is 12.3 Å². The van der Waals surface area contributed by atoms with Crippen LogP contribution >= 0.6 is 11.1 Å². The van der Waals surface area contributed by atoms with Gasteiger partial charge in [-0.15, -0.1) is 11.1 Å². The summed E-state index contributed by atoms with van der Waals surface area (Å²) in [7, 11) is -8.37. The Morgan fingerprint density at radius 3 is 0.864 bits per heavy atom. The highest BCUT2D eigenvalue weighted by molar-refractivity contribution is 7.17. The van der Waals surface area contributed by atoms with E-state index in [4.69, 9.17) is 23.4 Å². The second-order valence-corrected chi connectivity index (χ2v) is 33.3. The standard InChI is InChI=1S/C36H81ClO3Si4/c1-10-11-12-13-14-15-16-17-18-19-20-21-22-23-24-25-26-27-28-29-30-31-32-33-34-35-36-41(2,3)38-43(6,7)40-44(8,9)39-42(4,5)37/h10-36H2,1-9H3. The molecule has 3 nitrogen and oxygen atoms in total. The Balaban J connectivity index is 3.50. The zero-order valence-electron chi connectivity index (χ0n) is 31.7. The van der Waals surface area contributed by atoms with Gasteiger partial charge in [-0.3, -0.25) is 0 Å². The first-order chi connectivity index (χ1) is 20.7. The van der Waals surface area contributed by atoms with Crippen molar-refractivity contribution in [1.82, 2.24) is 0 Å². The first-order valence-electron chi connectivity index (χ1n) is 19.5. The van der Waals surface area contributed by atoms with Gasteiger partial charge in [0.2, 0.25) is 0 Å². The number of unbranched alkanes of at least 4 members (excludes halogenated alkanes) is 25. The fourth-order valence-electron chi connectivity index (χ4n) is 6.80. The second-order valence-electron chi connectivity index (χ2n) is 15.8. The third-order valence-electron chi connectivity index (χ3n) is 8.63. The summed E-state index contributed by atoms with van der Waals surface area (Å²) in [5.74, 6) is 0. The molecule has 44 heavy (non-hydrogen) atoms. The molecule has 0 amide bonds. The molecule has 0 N–H and O–H groups in total. The zero-order valence-corrected chi connectivity index (χ0v) is 36.5. The predicted octanol–water partition coefficient (Wildman–Crippen LogP) is 14.7. The van der Waals surface area contributed by atoms with E-state index in [1.54, 1.807) is 0 Å². The molecule has 0 saturated heterocycles. The van der Waals surface area contributed by atoms with Crippen LogP contribution in [0, 0.1) is 0 Å². The van der Waals surface area contributed by atoms with Gasteiger partial charge in [0.1, 0.15) is 0 Å². The maximum atomic E-state index is 6.72. The van der Waals surface area contributed by atoms with Gasteiger partial charge < -0.3 is 12.3 Å². The largest absolute Gasteiger partial charge is 0.436 e. The fraction of sp³-hybridized carbons (Fsp3) is 1.00. The molecule has 0 aromatic carbocycles. The molecule has 0 unspecified atom stereocenters. The molecule has 0 aromatic rings. The Labute approximate surface area is 287 Å². The Kier molecular flexibility index (Phi) is 27.6. The molecular formula is C36H81ClO3Si4. The summed E-state index contributed by atoms with van der Waals surface area (Å²) in [6.45, 7) is 19.7. The molecule has 0 fully saturated rings. The predicted molar refractivity (Wildman–Crippen MR) is 210 cm³/mol. The van der Waals surface area contributed by atoms with Crippen LogP contribution in [0.25, 0.3) is 0 Å². The molecule has 0 heterocycles. The highest BCUT2D eigenvalue weighted by Crippen LogP contribution is 2.27. The van der Waals surface area contributed by atoms with Crippen molar-refractivity contribution in [2.24, 2.45) is 0 Å². The average Bonchev–Trinajstić information content (AvgIpc) is 2.87. The van der Waals surface area contributed by atoms with Crippen molar-refractivity contribution in [3.63, 3.8) is 0 Å². The molecule has 0 atom stereocenters. The lowest BCUT2D eigenvalue weighted by Gasteiger charge is -2.39. The number of halogens is 1. The number of rotatable bonds is 33. The van der Waals surface area contributed by atoms with Crippen molar-refractivity contribution in [3.05, 3.63) is 0 Å². The van der Waals surface area contributed by atoms with Crippen molar-refractivity contribution in [2.45, 2.75) is 232 Å². The van der Waals surface area contributed by atoms with Crippen LogP contribution in [0.3, 0.4) is 0 Å². The molecule has 266 valence electrons. The topological polar surface area (TPSA) is 27.7 Å². The monoisotopic (exact) mass is 708 g/mol. The van der Waals surface area contributed by atoms with E-state index in [9.17, 15) is 0 Å². The summed E-state index contributed by atoms with van der Waals surface area (Å²) in [6, 6.07) is 1.23. The van der Waals surface area contributed by atoms with E-state index >= 15 is 0 Å². The summed E-state index contributed by atoms with van der Waals surface area (Å²) in [5, 5.41) is 0. The van der Waals surface area contributed by atoms with Gasteiger partial charge in [-0.1, -0.05) is 174 Å². The van der Waals surface area contributed by atoms with Crippen molar-refractivity contribution in [1.29, 1.82) is 0 Å². The van der Waals surface area contributed by atoms with Crippen molar-refractivity contribution >= 4 is 44.1 Å². The van der Waals surface area contributed by atoms with Crippen LogP contribution in [0.1, 0.15) is 174 Å². The Bertz CT molecular complexity index is 641. The van der Waals surface area contributed by atoms with E-state index in [2.05, 4.69) is 46.2 Å². The van der Waals surface area contributed by atoms with Crippen LogP contribution in [-0.4, -0.2) is 33.1 Å². The summed E-state index contributed by atoms with van der Waals surface area (Å²) in [5.41, 5.74) is 0. The minimum Gasteiger partial charge on any atom is -0.436 e. The Hall–Kier alpha value is 1.04. The second kappa shape index (κ2) is 26.9. The SMILES string of the molecule is CCCCCCCCCCCCCCCCCCCCCCCCCCCC[Si](C)(C)O[Si](C)(C)O[Si](C)(C)O[Si](C)(C)Cl. The maximum absolute atomic E-state index is 6.72. The minimum atomic E-state index is -2.27. The summed E-state index contributed by atoms with van der Waals surface area (Å²) < 4.78 is 19.4. The van der Waals surface area contributed by atoms with Crippen LogP contribution in [0.15, 0.2) is 0 Å². The number of hydrogen-bond acceptors (Lipinski definition) is 3. The van der Waals surface area contributed by atoms with Crippen molar-refractivity contribution in [3.8, 4) is 0 Å². The molecule has 0 aliphatic rings. The molecule has 0 spiro atoms. The van der Waals surface area contributed by atoms with Crippen LogP contribution in [0.2, 0.25) is 58.4 Å².